The van der Waals surface area contributed by atoms with Crippen molar-refractivity contribution in [3.63, 3.8) is 0 Å². The molecule has 1 aliphatic rings. The lowest BCUT2D eigenvalue weighted by molar-refractivity contribution is -0.134. The molecule has 0 spiro atoms. The van der Waals surface area contributed by atoms with E-state index < -0.39 is 0 Å². The largest absolute Gasteiger partial charge is 0.424 e. The van der Waals surface area contributed by atoms with Crippen LogP contribution in [0.25, 0.3) is 0 Å². The molecule has 0 N–H and O–H groups in total. The Kier molecular flexibility index (Phi) is 3.84. The van der Waals surface area contributed by atoms with Crippen molar-refractivity contribution in [2.75, 3.05) is 0 Å². The van der Waals surface area contributed by atoms with Crippen LogP contribution >= 0.6 is 0 Å². The quantitative estimate of drug-likeness (QED) is 0.639. The van der Waals surface area contributed by atoms with Crippen LogP contribution < -0.4 is 4.74 Å². The predicted octanol–water partition coefficient (Wildman–Crippen LogP) is 3.68. The molecule has 0 fully saturated rings. The number of hydrogen-bond acceptors (Lipinski definition) is 3. The fourth-order valence-corrected chi connectivity index (χ4v) is 3.45. The molecule has 0 saturated heterocycles. The van der Waals surface area contributed by atoms with E-state index in [1.54, 1.807) is 0 Å². The van der Waals surface area contributed by atoms with Crippen LogP contribution in [0.5, 0.6) is 5.75 Å². The lowest BCUT2D eigenvalue weighted by Gasteiger charge is -2.12. The van der Waals surface area contributed by atoms with E-state index in [0.29, 0.717) is 17.0 Å². The summed E-state index contributed by atoms with van der Waals surface area (Å²) in [5.41, 5.74) is 3.83. The van der Waals surface area contributed by atoms with Gasteiger partial charge in [-0.3, -0.25) is 9.59 Å². The minimum Gasteiger partial charge on any atom is -0.424 e. The van der Waals surface area contributed by atoms with E-state index in [-0.39, 0.29) is 17.7 Å². The van der Waals surface area contributed by atoms with E-state index in [1.165, 1.54) is 0 Å². The number of esters is 1. The first-order valence-electron chi connectivity index (χ1n) is 7.98. The molecule has 120 valence electrons. The highest BCUT2D eigenvalue weighted by Gasteiger charge is 2.39. The van der Waals surface area contributed by atoms with Crippen LogP contribution in [0.3, 0.4) is 0 Å². The standard InChI is InChI=1S/C19H21NO3/c1-5-8-14-16-18(23-19(14)22)12(3)15(20(16)4)17(21)13-10-7-6-9-11(13)2/h6-7,9-10,14H,5,8H2,1-4H3. The van der Waals surface area contributed by atoms with Crippen molar-refractivity contribution in [1.82, 2.24) is 4.57 Å². The van der Waals surface area contributed by atoms with Gasteiger partial charge in [0.15, 0.2) is 5.75 Å². The Labute approximate surface area is 136 Å². The van der Waals surface area contributed by atoms with Gasteiger partial charge in [-0.2, -0.15) is 0 Å². The van der Waals surface area contributed by atoms with Crippen molar-refractivity contribution < 1.29 is 14.3 Å². The first kappa shape index (κ1) is 15.5. The number of aryl methyl sites for hydroxylation is 1. The lowest BCUT2D eigenvalue weighted by atomic mass is 10.0. The van der Waals surface area contributed by atoms with Crippen molar-refractivity contribution in [3.05, 3.63) is 52.3 Å². The molecule has 4 heteroatoms. The Bertz CT molecular complexity index is 801. The Morgan fingerprint density at radius 1 is 1.26 bits per heavy atom. The Morgan fingerprint density at radius 2 is 1.96 bits per heavy atom. The van der Waals surface area contributed by atoms with Gasteiger partial charge in [0, 0.05) is 18.2 Å². The van der Waals surface area contributed by atoms with Crippen LogP contribution in [0.1, 0.15) is 58.6 Å². The molecule has 2 aromatic rings. The van der Waals surface area contributed by atoms with Gasteiger partial charge < -0.3 is 9.30 Å². The van der Waals surface area contributed by atoms with Crippen LogP contribution in [0.2, 0.25) is 0 Å². The SMILES string of the molecule is CCCC1C(=O)Oc2c(C)c(C(=O)c3ccccc3C)n(C)c21. The summed E-state index contributed by atoms with van der Waals surface area (Å²) in [6, 6.07) is 7.55. The third-order valence-corrected chi connectivity index (χ3v) is 4.62. The highest BCUT2D eigenvalue weighted by atomic mass is 16.5. The van der Waals surface area contributed by atoms with Gasteiger partial charge in [-0.25, -0.2) is 0 Å². The van der Waals surface area contributed by atoms with E-state index in [2.05, 4.69) is 0 Å². The molecule has 0 saturated carbocycles. The van der Waals surface area contributed by atoms with Crippen LogP contribution in [0.4, 0.5) is 0 Å². The smallest absolute Gasteiger partial charge is 0.320 e. The molecule has 1 aromatic carbocycles. The number of benzene rings is 1. The maximum absolute atomic E-state index is 13.0. The molecule has 0 bridgehead atoms. The summed E-state index contributed by atoms with van der Waals surface area (Å²) in [5.74, 6) is 0.0826. The average molecular weight is 311 g/mol. The third kappa shape index (κ3) is 2.29. The minimum absolute atomic E-state index is 0.0243. The Morgan fingerprint density at radius 3 is 2.61 bits per heavy atom. The van der Waals surface area contributed by atoms with Crippen LogP contribution in [-0.4, -0.2) is 16.3 Å². The van der Waals surface area contributed by atoms with Crippen LogP contribution in [-0.2, 0) is 11.8 Å². The highest BCUT2D eigenvalue weighted by Crippen LogP contribution is 2.43. The first-order chi connectivity index (χ1) is 11.0. The molecular weight excluding hydrogens is 290 g/mol. The molecule has 0 aliphatic carbocycles. The summed E-state index contributed by atoms with van der Waals surface area (Å²) in [6.07, 6.45) is 1.63. The number of rotatable bonds is 4. The molecule has 3 rings (SSSR count). The number of carbonyl (C=O) groups excluding carboxylic acids is 2. The maximum atomic E-state index is 13.0. The number of nitrogens with zero attached hydrogens (tertiary/aromatic N) is 1. The van der Waals surface area contributed by atoms with Crippen molar-refractivity contribution in [2.24, 2.45) is 7.05 Å². The van der Waals surface area contributed by atoms with Gasteiger partial charge in [-0.05, 0) is 25.8 Å². The second kappa shape index (κ2) is 5.69. The topological polar surface area (TPSA) is 48.3 Å². The van der Waals surface area contributed by atoms with Gasteiger partial charge in [0.2, 0.25) is 5.78 Å². The first-order valence-corrected chi connectivity index (χ1v) is 7.98. The van der Waals surface area contributed by atoms with Gasteiger partial charge in [0.25, 0.3) is 0 Å². The van der Waals surface area contributed by atoms with E-state index in [0.717, 1.165) is 29.7 Å². The van der Waals surface area contributed by atoms with Gasteiger partial charge in [-0.1, -0.05) is 37.6 Å². The second-order valence-corrected chi connectivity index (χ2v) is 6.15. The molecule has 1 unspecified atom stereocenters. The van der Waals surface area contributed by atoms with E-state index >= 15 is 0 Å². The molecule has 1 aromatic heterocycles. The Hall–Kier alpha value is -2.36. The summed E-state index contributed by atoms with van der Waals surface area (Å²) >= 11 is 0. The Balaban J connectivity index is 2.12. The van der Waals surface area contributed by atoms with Gasteiger partial charge in [-0.15, -0.1) is 0 Å². The predicted molar refractivity (Wildman–Crippen MR) is 88.0 cm³/mol. The number of fused-ring (bicyclic) bond motifs is 1. The molecule has 0 radical (unpaired) electrons. The molecule has 23 heavy (non-hydrogen) atoms. The number of aromatic nitrogens is 1. The van der Waals surface area contributed by atoms with Crippen molar-refractivity contribution in [1.29, 1.82) is 0 Å². The van der Waals surface area contributed by atoms with E-state index in [4.69, 9.17) is 4.74 Å². The number of carbonyl (C=O) groups is 2. The number of ether oxygens (including phenoxy) is 1. The van der Waals surface area contributed by atoms with E-state index in [1.807, 2.05) is 56.7 Å². The third-order valence-electron chi connectivity index (χ3n) is 4.62. The normalized spacial score (nSPS) is 16.3. The molecule has 1 aliphatic heterocycles. The molecule has 2 heterocycles. The molecule has 0 amide bonds. The summed E-state index contributed by atoms with van der Waals surface area (Å²) in [4.78, 5) is 25.1. The zero-order valence-corrected chi connectivity index (χ0v) is 14.0. The van der Waals surface area contributed by atoms with Gasteiger partial charge >= 0.3 is 5.97 Å². The van der Waals surface area contributed by atoms with Gasteiger partial charge in [0.05, 0.1) is 11.4 Å². The summed E-state index contributed by atoms with van der Waals surface area (Å²) in [7, 11) is 1.85. The van der Waals surface area contributed by atoms with E-state index in [9.17, 15) is 9.59 Å². The average Bonchev–Trinajstić information content (AvgIpc) is 2.96. The van der Waals surface area contributed by atoms with Crippen molar-refractivity contribution >= 4 is 11.8 Å². The summed E-state index contributed by atoms with van der Waals surface area (Å²) in [5, 5.41) is 0. The van der Waals surface area contributed by atoms with Gasteiger partial charge in [0.1, 0.15) is 5.92 Å². The van der Waals surface area contributed by atoms with Crippen LogP contribution in [0.15, 0.2) is 24.3 Å². The summed E-state index contributed by atoms with van der Waals surface area (Å²) in [6.45, 7) is 5.82. The molecule has 4 nitrogen and oxygen atoms in total. The number of ketones is 1. The summed E-state index contributed by atoms with van der Waals surface area (Å²) < 4.78 is 7.32. The zero-order valence-electron chi connectivity index (χ0n) is 14.0. The monoisotopic (exact) mass is 311 g/mol. The fourth-order valence-electron chi connectivity index (χ4n) is 3.45. The fraction of sp³-hybridized carbons (Fsp3) is 0.368. The van der Waals surface area contributed by atoms with Crippen molar-refractivity contribution in [3.8, 4) is 5.75 Å². The van der Waals surface area contributed by atoms with Crippen LogP contribution in [0, 0.1) is 13.8 Å². The highest BCUT2D eigenvalue weighted by molar-refractivity contribution is 6.11. The number of hydrogen-bond donors (Lipinski definition) is 0. The van der Waals surface area contributed by atoms with Crippen molar-refractivity contribution in [2.45, 2.75) is 39.5 Å². The molecular formula is C19H21NO3. The minimum atomic E-state index is -0.267. The lowest BCUT2D eigenvalue weighted by Crippen LogP contribution is -2.17. The second-order valence-electron chi connectivity index (χ2n) is 6.15. The zero-order chi connectivity index (χ0) is 16.7. The molecule has 1 atom stereocenters. The maximum Gasteiger partial charge on any atom is 0.320 e.